The molecule has 0 unspecified atom stereocenters. The van der Waals surface area contributed by atoms with Crippen LogP contribution in [0.4, 0.5) is 5.69 Å². The third kappa shape index (κ3) is 5.16. The summed E-state index contributed by atoms with van der Waals surface area (Å²) < 4.78 is 27.7. The van der Waals surface area contributed by atoms with Gasteiger partial charge in [-0.1, -0.05) is 41.9 Å². The Labute approximate surface area is 201 Å². The minimum atomic E-state index is -3.96. The summed E-state index contributed by atoms with van der Waals surface area (Å²) in [5, 5.41) is 7.80. The molecular formula is C24H19ClN4O4S. The normalized spacial score (nSPS) is 11.1. The molecule has 172 valence electrons. The molecule has 34 heavy (non-hydrogen) atoms. The number of para-hydroxylation sites is 1. The van der Waals surface area contributed by atoms with Gasteiger partial charge in [0.15, 0.2) is 5.69 Å². The van der Waals surface area contributed by atoms with Crippen LogP contribution in [0.2, 0.25) is 5.02 Å². The van der Waals surface area contributed by atoms with Crippen LogP contribution in [-0.2, 0) is 14.8 Å². The van der Waals surface area contributed by atoms with Crippen molar-refractivity contribution in [1.29, 1.82) is 0 Å². The summed E-state index contributed by atoms with van der Waals surface area (Å²) in [4.78, 5) is 23.9. The van der Waals surface area contributed by atoms with E-state index in [2.05, 4.69) is 10.4 Å². The third-order valence-electron chi connectivity index (χ3n) is 4.78. The number of nitrogens with one attached hydrogen (secondary N) is 2. The number of benzene rings is 3. The fraction of sp³-hybridized carbons (Fsp3) is 0.0417. The van der Waals surface area contributed by atoms with E-state index < -0.39 is 21.8 Å². The van der Waals surface area contributed by atoms with Crippen molar-refractivity contribution < 1.29 is 18.0 Å². The van der Waals surface area contributed by atoms with Crippen LogP contribution < -0.4 is 10.0 Å². The van der Waals surface area contributed by atoms with Gasteiger partial charge < -0.3 is 5.32 Å². The van der Waals surface area contributed by atoms with Gasteiger partial charge in [0.1, 0.15) is 0 Å². The molecule has 0 radical (unpaired) electrons. The Morgan fingerprint density at radius 2 is 1.56 bits per heavy atom. The average molecular weight is 495 g/mol. The number of anilines is 1. The summed E-state index contributed by atoms with van der Waals surface area (Å²) >= 11 is 6.02. The Balaban J connectivity index is 1.62. The fourth-order valence-electron chi connectivity index (χ4n) is 3.25. The number of halogens is 1. The topological polar surface area (TPSA) is 110 Å². The van der Waals surface area contributed by atoms with Gasteiger partial charge in [-0.2, -0.15) is 5.10 Å². The summed E-state index contributed by atoms with van der Waals surface area (Å²) in [7, 11) is -3.96. The molecule has 2 N–H and O–H groups in total. The molecule has 10 heteroatoms. The van der Waals surface area contributed by atoms with E-state index in [9.17, 15) is 18.0 Å². The number of hydrogen-bond donors (Lipinski definition) is 2. The molecule has 0 aliphatic heterocycles. The number of amides is 2. The predicted molar refractivity (Wildman–Crippen MR) is 129 cm³/mol. The van der Waals surface area contributed by atoms with E-state index in [1.165, 1.54) is 24.3 Å². The van der Waals surface area contributed by atoms with Gasteiger partial charge in [0, 0.05) is 23.2 Å². The van der Waals surface area contributed by atoms with E-state index in [4.69, 9.17) is 11.6 Å². The molecule has 0 fully saturated rings. The Hall–Kier alpha value is -3.95. The first kappa shape index (κ1) is 23.2. The summed E-state index contributed by atoms with van der Waals surface area (Å²) in [6.07, 6.45) is 0. The maximum absolute atomic E-state index is 12.9. The van der Waals surface area contributed by atoms with Crippen LogP contribution >= 0.6 is 11.6 Å². The summed E-state index contributed by atoms with van der Waals surface area (Å²) in [6.45, 7) is 1.11. The first-order valence-corrected chi connectivity index (χ1v) is 12.0. The highest BCUT2D eigenvalue weighted by Gasteiger charge is 2.18. The standard InChI is InChI=1S/C24H19ClN4O4S/c1-16(30)28-34(32,33)21-13-11-19(12-14-21)26-24(31)22-15-23(17-7-9-18(25)10-8-17)29(27-22)20-5-3-2-4-6-20/h2-15H,1H3,(H,26,31)(H,28,30). The molecule has 0 bridgehead atoms. The predicted octanol–water partition coefficient (Wildman–Crippen LogP) is 4.27. The molecule has 2 amide bonds. The monoisotopic (exact) mass is 494 g/mol. The Kier molecular flexibility index (Phi) is 6.49. The minimum Gasteiger partial charge on any atom is -0.321 e. The molecule has 0 aliphatic carbocycles. The molecule has 0 saturated carbocycles. The molecule has 0 aliphatic rings. The van der Waals surface area contributed by atoms with Gasteiger partial charge in [-0.25, -0.2) is 17.8 Å². The number of rotatable bonds is 6. The summed E-state index contributed by atoms with van der Waals surface area (Å²) in [5.74, 6) is -1.16. The summed E-state index contributed by atoms with van der Waals surface area (Å²) in [6, 6.07) is 23.7. The Morgan fingerprint density at radius 3 is 2.18 bits per heavy atom. The van der Waals surface area contributed by atoms with E-state index in [0.717, 1.165) is 18.2 Å². The second-order valence-electron chi connectivity index (χ2n) is 7.31. The maximum atomic E-state index is 12.9. The lowest BCUT2D eigenvalue weighted by atomic mass is 10.1. The van der Waals surface area contributed by atoms with Crippen molar-refractivity contribution in [3.8, 4) is 16.9 Å². The van der Waals surface area contributed by atoms with Gasteiger partial charge in [-0.15, -0.1) is 0 Å². The van der Waals surface area contributed by atoms with Crippen molar-refractivity contribution in [2.75, 3.05) is 5.32 Å². The van der Waals surface area contributed by atoms with E-state index in [0.29, 0.717) is 16.4 Å². The third-order valence-corrected chi connectivity index (χ3v) is 6.48. The fourth-order valence-corrected chi connectivity index (χ4v) is 4.36. The Morgan fingerprint density at radius 1 is 0.912 bits per heavy atom. The summed E-state index contributed by atoms with van der Waals surface area (Å²) in [5.41, 5.74) is 2.84. The largest absolute Gasteiger partial charge is 0.321 e. The number of nitrogens with zero attached hydrogens (tertiary/aromatic N) is 2. The zero-order valence-corrected chi connectivity index (χ0v) is 19.5. The molecule has 0 spiro atoms. The van der Waals surface area contributed by atoms with Crippen LogP contribution in [0.25, 0.3) is 16.9 Å². The maximum Gasteiger partial charge on any atom is 0.276 e. The number of carbonyl (C=O) groups is 2. The van der Waals surface area contributed by atoms with Crippen molar-refractivity contribution >= 4 is 39.1 Å². The van der Waals surface area contributed by atoms with E-state index >= 15 is 0 Å². The highest BCUT2D eigenvalue weighted by atomic mass is 35.5. The highest BCUT2D eigenvalue weighted by molar-refractivity contribution is 7.90. The van der Waals surface area contributed by atoms with Crippen LogP contribution in [0.3, 0.4) is 0 Å². The quantitative estimate of drug-likeness (QED) is 0.416. The number of carbonyl (C=O) groups excluding carboxylic acids is 2. The van der Waals surface area contributed by atoms with Crippen LogP contribution in [0.5, 0.6) is 0 Å². The van der Waals surface area contributed by atoms with Crippen LogP contribution in [0, 0.1) is 0 Å². The van der Waals surface area contributed by atoms with E-state index in [1.807, 2.05) is 47.2 Å². The van der Waals surface area contributed by atoms with Crippen LogP contribution in [-0.4, -0.2) is 30.0 Å². The van der Waals surface area contributed by atoms with Crippen molar-refractivity contribution in [2.24, 2.45) is 0 Å². The lowest BCUT2D eigenvalue weighted by molar-refractivity contribution is -0.117. The smallest absolute Gasteiger partial charge is 0.276 e. The van der Waals surface area contributed by atoms with E-state index in [1.54, 1.807) is 22.9 Å². The molecule has 0 atom stereocenters. The molecule has 1 aromatic heterocycles. The van der Waals surface area contributed by atoms with Gasteiger partial charge >= 0.3 is 0 Å². The first-order chi connectivity index (χ1) is 16.2. The van der Waals surface area contributed by atoms with Crippen molar-refractivity contribution in [3.63, 3.8) is 0 Å². The van der Waals surface area contributed by atoms with Crippen LogP contribution in [0.15, 0.2) is 89.8 Å². The van der Waals surface area contributed by atoms with Crippen LogP contribution in [0.1, 0.15) is 17.4 Å². The van der Waals surface area contributed by atoms with Gasteiger partial charge in [0.2, 0.25) is 5.91 Å². The zero-order valence-electron chi connectivity index (χ0n) is 17.9. The number of aromatic nitrogens is 2. The highest BCUT2D eigenvalue weighted by Crippen LogP contribution is 2.26. The van der Waals surface area contributed by atoms with Gasteiger partial charge in [0.05, 0.1) is 16.3 Å². The second-order valence-corrected chi connectivity index (χ2v) is 9.43. The first-order valence-electron chi connectivity index (χ1n) is 10.1. The van der Waals surface area contributed by atoms with E-state index in [-0.39, 0.29) is 10.6 Å². The number of hydrogen-bond acceptors (Lipinski definition) is 5. The molecule has 1 heterocycles. The lowest BCUT2D eigenvalue weighted by Crippen LogP contribution is -2.28. The Bertz CT molecular complexity index is 1450. The molecule has 0 saturated heterocycles. The average Bonchev–Trinajstić information content (AvgIpc) is 3.25. The molecule has 4 rings (SSSR count). The second kappa shape index (κ2) is 9.50. The van der Waals surface area contributed by atoms with Crippen molar-refractivity contribution in [2.45, 2.75) is 11.8 Å². The number of sulfonamides is 1. The SMILES string of the molecule is CC(=O)NS(=O)(=O)c1ccc(NC(=O)c2cc(-c3ccc(Cl)cc3)n(-c3ccccc3)n2)cc1. The molecule has 4 aromatic rings. The minimum absolute atomic E-state index is 0.0981. The zero-order chi connectivity index (χ0) is 24.3. The van der Waals surface area contributed by atoms with Gasteiger partial charge in [-0.3, -0.25) is 9.59 Å². The van der Waals surface area contributed by atoms with Gasteiger partial charge in [0.25, 0.3) is 15.9 Å². The molecule has 8 nitrogen and oxygen atoms in total. The van der Waals surface area contributed by atoms with Crippen molar-refractivity contribution in [1.82, 2.24) is 14.5 Å². The molecule has 3 aromatic carbocycles. The van der Waals surface area contributed by atoms with Crippen molar-refractivity contribution in [3.05, 3.63) is 95.6 Å². The lowest BCUT2D eigenvalue weighted by Gasteiger charge is -2.07. The van der Waals surface area contributed by atoms with Gasteiger partial charge in [-0.05, 0) is 54.6 Å². The molecular weight excluding hydrogens is 476 g/mol.